The molecule has 0 aliphatic carbocycles. The average Bonchev–Trinajstić information content (AvgIpc) is 3.52. The third-order valence-corrected chi connectivity index (χ3v) is 6.77. The average molecular weight is 470 g/mol. The molecule has 3 heterocycles. The second kappa shape index (κ2) is 8.30. The first kappa shape index (κ1) is 21.5. The summed E-state index contributed by atoms with van der Waals surface area (Å²) < 4.78 is 9.20. The molecule has 0 bridgehead atoms. The van der Waals surface area contributed by atoms with Crippen molar-refractivity contribution >= 4 is 21.5 Å². The van der Waals surface area contributed by atoms with Gasteiger partial charge in [-0.25, -0.2) is 9.48 Å². The molecule has 3 atom stereocenters. The lowest BCUT2D eigenvalue weighted by Crippen LogP contribution is -2.33. The molecule has 0 unspecified atom stereocenters. The Morgan fingerprint density at radius 2 is 1.83 bits per heavy atom. The first-order chi connectivity index (χ1) is 17.0. The molecule has 0 saturated carbocycles. The van der Waals surface area contributed by atoms with Crippen molar-refractivity contribution < 1.29 is 9.84 Å². The largest absolute Gasteiger partial charge is 0.394 e. The van der Waals surface area contributed by atoms with Crippen LogP contribution in [-0.4, -0.2) is 42.4 Å². The molecule has 0 spiro atoms. The van der Waals surface area contributed by atoms with E-state index in [1.54, 1.807) is 17.8 Å². The second-order valence-corrected chi connectivity index (χ2v) is 8.85. The van der Waals surface area contributed by atoms with Crippen LogP contribution in [0.5, 0.6) is 0 Å². The van der Waals surface area contributed by atoms with Crippen LogP contribution in [0.15, 0.2) is 76.6 Å². The van der Waals surface area contributed by atoms with Crippen LogP contribution in [-0.2, 0) is 4.74 Å². The molecule has 1 fully saturated rings. The number of aromatic amines is 1. The number of benzene rings is 3. The zero-order chi connectivity index (χ0) is 24.1. The number of H-pyrrole nitrogens is 1. The molecule has 1 aliphatic heterocycles. The van der Waals surface area contributed by atoms with Crippen LogP contribution in [0.2, 0.25) is 0 Å². The SMILES string of the molecule is Cc1cn([C@H]2C[C@H](n3nncc3-c3cc4ccccc4c4ccccc34)[C@@H](CO)O2)c(=O)[nH]c1=O. The minimum Gasteiger partial charge on any atom is -0.394 e. The fourth-order valence-electron chi connectivity index (χ4n) is 5.06. The standard InChI is InChI=1S/C26H23N5O4/c1-15-13-30(26(34)28-25(15)33)24-11-21(23(14-32)35-24)31-22(12-27-29-31)20-10-16-6-2-3-7-17(16)18-8-4-5-9-19(18)20/h2-10,12-13,21,23-24,32H,11,14H2,1H3,(H,28,33,34)/t21-,23+,24+/m0/s1. The Kier molecular flexibility index (Phi) is 5.09. The van der Waals surface area contributed by atoms with E-state index >= 15 is 0 Å². The van der Waals surface area contributed by atoms with Gasteiger partial charge in [0.25, 0.3) is 5.56 Å². The van der Waals surface area contributed by atoms with Gasteiger partial charge in [-0.2, -0.15) is 0 Å². The molecule has 5 aromatic rings. The molecular formula is C26H23N5O4. The number of aliphatic hydroxyl groups excluding tert-OH is 1. The molecule has 2 aromatic heterocycles. The Bertz CT molecular complexity index is 1690. The zero-order valence-corrected chi connectivity index (χ0v) is 19.0. The van der Waals surface area contributed by atoms with Crippen LogP contribution in [0.3, 0.4) is 0 Å². The number of nitrogens with zero attached hydrogens (tertiary/aromatic N) is 4. The summed E-state index contributed by atoms with van der Waals surface area (Å²) in [7, 11) is 0. The summed E-state index contributed by atoms with van der Waals surface area (Å²) >= 11 is 0. The van der Waals surface area contributed by atoms with Crippen molar-refractivity contribution in [2.24, 2.45) is 0 Å². The lowest BCUT2D eigenvalue weighted by atomic mass is 9.95. The predicted molar refractivity (Wildman–Crippen MR) is 131 cm³/mol. The maximum absolute atomic E-state index is 12.5. The number of fused-ring (bicyclic) bond motifs is 3. The van der Waals surface area contributed by atoms with E-state index in [-0.39, 0.29) is 12.6 Å². The maximum Gasteiger partial charge on any atom is 0.330 e. The summed E-state index contributed by atoms with van der Waals surface area (Å²) in [6.45, 7) is 1.38. The van der Waals surface area contributed by atoms with Crippen LogP contribution in [0.1, 0.15) is 24.3 Å². The highest BCUT2D eigenvalue weighted by molar-refractivity contribution is 6.13. The molecule has 9 nitrogen and oxygen atoms in total. The molecule has 6 rings (SSSR count). The topological polar surface area (TPSA) is 115 Å². The van der Waals surface area contributed by atoms with Gasteiger partial charge in [0, 0.05) is 23.7 Å². The molecule has 3 aromatic carbocycles. The van der Waals surface area contributed by atoms with Crippen molar-refractivity contribution in [1.82, 2.24) is 24.5 Å². The van der Waals surface area contributed by atoms with Crippen molar-refractivity contribution in [1.29, 1.82) is 0 Å². The van der Waals surface area contributed by atoms with Gasteiger partial charge < -0.3 is 9.84 Å². The van der Waals surface area contributed by atoms with Gasteiger partial charge in [0.2, 0.25) is 0 Å². The van der Waals surface area contributed by atoms with E-state index in [0.29, 0.717) is 12.0 Å². The summed E-state index contributed by atoms with van der Waals surface area (Å²) in [4.78, 5) is 26.6. The van der Waals surface area contributed by atoms with Gasteiger partial charge in [-0.3, -0.25) is 14.3 Å². The molecule has 0 radical (unpaired) electrons. The highest BCUT2D eigenvalue weighted by atomic mass is 16.5. The molecule has 176 valence electrons. The molecular weight excluding hydrogens is 446 g/mol. The normalized spacial score (nSPS) is 20.1. The first-order valence-corrected chi connectivity index (χ1v) is 11.4. The van der Waals surface area contributed by atoms with Crippen LogP contribution in [0, 0.1) is 6.92 Å². The highest BCUT2D eigenvalue weighted by Gasteiger charge is 2.39. The molecule has 0 amide bonds. The molecule has 9 heteroatoms. The lowest BCUT2D eigenvalue weighted by molar-refractivity contribution is -0.0322. The smallest absolute Gasteiger partial charge is 0.330 e. The lowest BCUT2D eigenvalue weighted by Gasteiger charge is -2.19. The van der Waals surface area contributed by atoms with E-state index in [1.165, 1.54) is 10.8 Å². The van der Waals surface area contributed by atoms with Gasteiger partial charge in [0.15, 0.2) is 0 Å². The number of hydrogen-bond donors (Lipinski definition) is 2. The summed E-state index contributed by atoms with van der Waals surface area (Å²) in [6, 6.07) is 18.2. The first-order valence-electron chi connectivity index (χ1n) is 11.4. The fraction of sp³-hybridized carbons (Fsp3) is 0.231. The van der Waals surface area contributed by atoms with Gasteiger partial charge in [-0.05, 0) is 34.5 Å². The molecule has 1 aliphatic rings. The zero-order valence-electron chi connectivity index (χ0n) is 19.0. The van der Waals surface area contributed by atoms with Crippen molar-refractivity contribution in [3.05, 3.63) is 93.4 Å². The Morgan fingerprint density at radius 1 is 1.09 bits per heavy atom. The summed E-state index contributed by atoms with van der Waals surface area (Å²) in [5.74, 6) is 0. The number of hydrogen-bond acceptors (Lipinski definition) is 6. The second-order valence-electron chi connectivity index (χ2n) is 8.85. The molecule has 35 heavy (non-hydrogen) atoms. The summed E-state index contributed by atoms with van der Waals surface area (Å²) in [5, 5.41) is 23.1. The predicted octanol–water partition coefficient (Wildman–Crippen LogP) is 2.93. The highest BCUT2D eigenvalue weighted by Crippen LogP contribution is 2.40. The molecule has 1 saturated heterocycles. The van der Waals surface area contributed by atoms with Crippen LogP contribution >= 0.6 is 0 Å². The van der Waals surface area contributed by atoms with E-state index < -0.39 is 23.6 Å². The van der Waals surface area contributed by atoms with Gasteiger partial charge in [0.1, 0.15) is 12.3 Å². The van der Waals surface area contributed by atoms with Gasteiger partial charge in [-0.1, -0.05) is 53.7 Å². The Hall–Kier alpha value is -4.08. The Morgan fingerprint density at radius 3 is 2.63 bits per heavy atom. The quantitative estimate of drug-likeness (QED) is 0.391. The number of aliphatic hydroxyl groups is 1. The summed E-state index contributed by atoms with van der Waals surface area (Å²) in [5.41, 5.74) is 1.19. The van der Waals surface area contributed by atoms with E-state index in [0.717, 1.165) is 32.8 Å². The number of aryl methyl sites for hydroxylation is 1. The third-order valence-electron chi connectivity index (χ3n) is 6.77. The minimum absolute atomic E-state index is 0.254. The van der Waals surface area contributed by atoms with Crippen molar-refractivity contribution in [3.63, 3.8) is 0 Å². The van der Waals surface area contributed by atoms with Gasteiger partial charge in [0.05, 0.1) is 24.5 Å². The van der Waals surface area contributed by atoms with Gasteiger partial charge >= 0.3 is 5.69 Å². The van der Waals surface area contributed by atoms with E-state index in [1.807, 2.05) is 24.3 Å². The Labute approximate surface area is 199 Å². The minimum atomic E-state index is -0.661. The summed E-state index contributed by atoms with van der Waals surface area (Å²) in [6.07, 6.45) is 2.31. The van der Waals surface area contributed by atoms with Crippen molar-refractivity contribution in [2.45, 2.75) is 31.7 Å². The van der Waals surface area contributed by atoms with E-state index in [4.69, 9.17) is 4.74 Å². The maximum atomic E-state index is 12.5. The third kappa shape index (κ3) is 3.48. The number of rotatable bonds is 4. The monoisotopic (exact) mass is 469 g/mol. The van der Waals surface area contributed by atoms with Crippen LogP contribution < -0.4 is 11.2 Å². The van der Waals surface area contributed by atoms with Crippen LogP contribution in [0.25, 0.3) is 32.8 Å². The number of aromatic nitrogens is 5. The number of nitrogens with one attached hydrogen (secondary N) is 1. The number of ether oxygens (including phenoxy) is 1. The fourth-order valence-corrected chi connectivity index (χ4v) is 5.06. The van der Waals surface area contributed by atoms with Crippen molar-refractivity contribution in [3.8, 4) is 11.3 Å². The van der Waals surface area contributed by atoms with Gasteiger partial charge in [-0.15, -0.1) is 5.10 Å². The van der Waals surface area contributed by atoms with Crippen LogP contribution in [0.4, 0.5) is 0 Å². The molecule has 2 N–H and O–H groups in total. The van der Waals surface area contributed by atoms with Crippen molar-refractivity contribution in [2.75, 3.05) is 6.61 Å². The van der Waals surface area contributed by atoms with E-state index in [2.05, 4.69) is 45.6 Å². The van der Waals surface area contributed by atoms with E-state index in [9.17, 15) is 14.7 Å². The Balaban J connectivity index is 1.47.